The third-order valence-electron chi connectivity index (χ3n) is 3.65. The lowest BCUT2D eigenvalue weighted by Crippen LogP contribution is -2.13. The molecule has 1 amide bonds. The van der Waals surface area contributed by atoms with Crippen LogP contribution in [0.5, 0.6) is 0 Å². The van der Waals surface area contributed by atoms with Gasteiger partial charge in [0, 0.05) is 5.56 Å². The van der Waals surface area contributed by atoms with Gasteiger partial charge in [0.25, 0.3) is 5.91 Å². The lowest BCUT2D eigenvalue weighted by Gasteiger charge is -2.09. The highest BCUT2D eigenvalue weighted by Crippen LogP contribution is 2.24. The van der Waals surface area contributed by atoms with Crippen molar-refractivity contribution in [3.8, 4) is 0 Å². The van der Waals surface area contributed by atoms with Gasteiger partial charge in [0.2, 0.25) is 0 Å². The molecule has 0 aromatic heterocycles. The van der Waals surface area contributed by atoms with Gasteiger partial charge in [0.15, 0.2) is 0 Å². The zero-order valence-corrected chi connectivity index (χ0v) is 13.6. The zero-order chi connectivity index (χ0) is 17.1. The summed E-state index contributed by atoms with van der Waals surface area (Å²) in [5.41, 5.74) is 1.18. The van der Waals surface area contributed by atoms with E-state index in [-0.39, 0.29) is 5.91 Å². The van der Waals surface area contributed by atoms with E-state index >= 15 is 0 Å². The highest BCUT2D eigenvalue weighted by molar-refractivity contribution is 6.34. The molecule has 0 unspecified atom stereocenters. The van der Waals surface area contributed by atoms with Gasteiger partial charge in [-0.15, -0.1) is 0 Å². The van der Waals surface area contributed by atoms with Crippen molar-refractivity contribution in [3.63, 3.8) is 0 Å². The molecule has 3 rings (SSSR count). The van der Waals surface area contributed by atoms with E-state index in [1.54, 1.807) is 18.2 Å². The smallest absolute Gasteiger partial charge is 0.337 e. The minimum atomic E-state index is -0.493. The van der Waals surface area contributed by atoms with E-state index in [0.717, 1.165) is 10.8 Å². The molecule has 0 heterocycles. The van der Waals surface area contributed by atoms with Crippen molar-refractivity contribution in [2.75, 3.05) is 12.4 Å². The van der Waals surface area contributed by atoms with Crippen LogP contribution >= 0.6 is 11.6 Å². The minimum Gasteiger partial charge on any atom is -0.465 e. The van der Waals surface area contributed by atoms with Crippen molar-refractivity contribution in [2.45, 2.75) is 0 Å². The second-order valence-corrected chi connectivity index (χ2v) is 5.61. The molecule has 24 heavy (non-hydrogen) atoms. The van der Waals surface area contributed by atoms with Gasteiger partial charge >= 0.3 is 5.97 Å². The Labute approximate surface area is 144 Å². The van der Waals surface area contributed by atoms with Gasteiger partial charge in [0.05, 0.1) is 23.4 Å². The number of nitrogens with one attached hydrogen (secondary N) is 1. The first-order valence-corrected chi connectivity index (χ1v) is 7.64. The standard InChI is InChI=1S/C19H14ClNO3/c1-24-19(23)15-8-9-16(20)17(11-15)21-18(22)14-7-6-12-4-2-3-5-13(12)10-14/h2-11H,1H3,(H,21,22). The fraction of sp³-hybridized carbons (Fsp3) is 0.0526. The lowest BCUT2D eigenvalue weighted by molar-refractivity contribution is 0.0600. The number of halogens is 1. The summed E-state index contributed by atoms with van der Waals surface area (Å²) in [4.78, 5) is 24.1. The van der Waals surface area contributed by atoms with Gasteiger partial charge < -0.3 is 10.1 Å². The molecule has 0 radical (unpaired) electrons. The highest BCUT2D eigenvalue weighted by Gasteiger charge is 2.12. The largest absolute Gasteiger partial charge is 0.465 e. The number of hydrogen-bond acceptors (Lipinski definition) is 3. The van der Waals surface area contributed by atoms with Gasteiger partial charge in [0.1, 0.15) is 0 Å². The van der Waals surface area contributed by atoms with Gasteiger partial charge in [-0.05, 0) is 41.1 Å². The average molecular weight is 340 g/mol. The van der Waals surface area contributed by atoms with E-state index in [2.05, 4.69) is 10.1 Å². The van der Waals surface area contributed by atoms with Crippen molar-refractivity contribution in [1.82, 2.24) is 0 Å². The third kappa shape index (κ3) is 3.24. The lowest BCUT2D eigenvalue weighted by atomic mass is 10.1. The van der Waals surface area contributed by atoms with E-state index in [0.29, 0.717) is 21.8 Å². The summed E-state index contributed by atoms with van der Waals surface area (Å²) < 4.78 is 4.67. The predicted octanol–water partition coefficient (Wildman–Crippen LogP) is 4.53. The van der Waals surface area contributed by atoms with E-state index in [4.69, 9.17) is 11.6 Å². The molecule has 4 nitrogen and oxygen atoms in total. The Bertz CT molecular complexity index is 937. The van der Waals surface area contributed by atoms with Crippen LogP contribution < -0.4 is 5.32 Å². The molecule has 0 saturated heterocycles. The molecule has 0 aliphatic heterocycles. The molecule has 0 aliphatic carbocycles. The maximum Gasteiger partial charge on any atom is 0.337 e. The number of carbonyl (C=O) groups is 2. The summed E-state index contributed by atoms with van der Waals surface area (Å²) in [6.45, 7) is 0. The number of methoxy groups -OCH3 is 1. The Balaban J connectivity index is 1.89. The first-order valence-electron chi connectivity index (χ1n) is 7.26. The van der Waals surface area contributed by atoms with Crippen LogP contribution in [0.1, 0.15) is 20.7 Å². The van der Waals surface area contributed by atoms with Crippen LogP contribution in [0, 0.1) is 0 Å². The molecular weight excluding hydrogens is 326 g/mol. The Morgan fingerprint density at radius 2 is 1.62 bits per heavy atom. The molecule has 0 fully saturated rings. The molecule has 0 atom stereocenters. The van der Waals surface area contributed by atoms with Crippen LogP contribution in [0.4, 0.5) is 5.69 Å². The molecule has 3 aromatic carbocycles. The van der Waals surface area contributed by atoms with Crippen LogP contribution in [0.25, 0.3) is 10.8 Å². The quantitative estimate of drug-likeness (QED) is 0.713. The first kappa shape index (κ1) is 16.0. The predicted molar refractivity (Wildman–Crippen MR) is 94.7 cm³/mol. The van der Waals surface area contributed by atoms with Crippen LogP contribution in [-0.4, -0.2) is 19.0 Å². The number of anilines is 1. The fourth-order valence-electron chi connectivity index (χ4n) is 2.39. The number of hydrogen-bond donors (Lipinski definition) is 1. The molecule has 120 valence electrons. The number of benzene rings is 3. The first-order chi connectivity index (χ1) is 11.6. The normalized spacial score (nSPS) is 10.4. The number of amides is 1. The van der Waals surface area contributed by atoms with E-state index in [1.807, 2.05) is 36.4 Å². The minimum absolute atomic E-state index is 0.301. The molecule has 0 bridgehead atoms. The van der Waals surface area contributed by atoms with Gasteiger partial charge in [-0.1, -0.05) is 41.9 Å². The number of carbonyl (C=O) groups excluding carboxylic acids is 2. The number of ether oxygens (including phenoxy) is 1. The Hall–Kier alpha value is -2.85. The maximum atomic E-state index is 12.5. The van der Waals surface area contributed by atoms with Crippen LogP contribution in [-0.2, 0) is 4.74 Å². The Kier molecular flexibility index (Phi) is 4.49. The second-order valence-electron chi connectivity index (χ2n) is 5.20. The highest BCUT2D eigenvalue weighted by atomic mass is 35.5. The molecular formula is C19H14ClNO3. The van der Waals surface area contributed by atoms with E-state index in [1.165, 1.54) is 13.2 Å². The molecule has 0 aliphatic rings. The zero-order valence-electron chi connectivity index (χ0n) is 12.9. The summed E-state index contributed by atoms with van der Waals surface area (Å²) >= 11 is 6.10. The summed E-state index contributed by atoms with van der Waals surface area (Å²) in [6.07, 6.45) is 0. The van der Waals surface area contributed by atoms with Crippen molar-refractivity contribution in [1.29, 1.82) is 0 Å². The summed E-state index contributed by atoms with van der Waals surface area (Å²) in [7, 11) is 1.30. The number of rotatable bonds is 3. The number of fused-ring (bicyclic) bond motifs is 1. The van der Waals surface area contributed by atoms with Crippen molar-refractivity contribution in [3.05, 3.63) is 76.8 Å². The van der Waals surface area contributed by atoms with Crippen LogP contribution in [0.15, 0.2) is 60.7 Å². The maximum absolute atomic E-state index is 12.5. The van der Waals surface area contributed by atoms with Crippen LogP contribution in [0.2, 0.25) is 5.02 Å². The van der Waals surface area contributed by atoms with Crippen molar-refractivity contribution < 1.29 is 14.3 Å². The molecule has 5 heteroatoms. The van der Waals surface area contributed by atoms with Crippen LogP contribution in [0.3, 0.4) is 0 Å². The fourth-order valence-corrected chi connectivity index (χ4v) is 2.56. The summed E-state index contributed by atoms with van der Waals surface area (Å²) in [6, 6.07) is 17.8. The van der Waals surface area contributed by atoms with Gasteiger partial charge in [-0.3, -0.25) is 4.79 Å². The summed E-state index contributed by atoms with van der Waals surface area (Å²) in [5.74, 6) is -0.794. The molecule has 3 aromatic rings. The number of esters is 1. The summed E-state index contributed by atoms with van der Waals surface area (Å²) in [5, 5.41) is 5.10. The Morgan fingerprint density at radius 3 is 2.38 bits per heavy atom. The van der Waals surface area contributed by atoms with E-state index < -0.39 is 5.97 Å². The van der Waals surface area contributed by atoms with Crippen molar-refractivity contribution in [2.24, 2.45) is 0 Å². The van der Waals surface area contributed by atoms with Crippen molar-refractivity contribution >= 4 is 39.9 Å². The SMILES string of the molecule is COC(=O)c1ccc(Cl)c(NC(=O)c2ccc3ccccc3c2)c1. The Morgan fingerprint density at radius 1 is 0.917 bits per heavy atom. The topological polar surface area (TPSA) is 55.4 Å². The second kappa shape index (κ2) is 6.72. The van der Waals surface area contributed by atoms with Gasteiger partial charge in [-0.2, -0.15) is 0 Å². The third-order valence-corrected chi connectivity index (χ3v) is 3.98. The molecule has 0 spiro atoms. The molecule has 0 saturated carbocycles. The monoisotopic (exact) mass is 339 g/mol. The van der Waals surface area contributed by atoms with E-state index in [9.17, 15) is 9.59 Å². The average Bonchev–Trinajstić information content (AvgIpc) is 2.62. The van der Waals surface area contributed by atoms with Gasteiger partial charge in [-0.25, -0.2) is 4.79 Å². The molecule has 1 N–H and O–H groups in total.